The summed E-state index contributed by atoms with van der Waals surface area (Å²) in [5, 5.41) is 2.40. The van der Waals surface area contributed by atoms with Gasteiger partial charge in [0.2, 0.25) is 0 Å². The van der Waals surface area contributed by atoms with E-state index in [-0.39, 0.29) is 17.3 Å². The molecule has 2 aliphatic rings. The molecule has 3 rings (SSSR count). The van der Waals surface area contributed by atoms with E-state index >= 15 is 0 Å². The van der Waals surface area contributed by atoms with Crippen molar-refractivity contribution in [1.82, 2.24) is 15.1 Å². The third kappa shape index (κ3) is 3.41. The highest BCUT2D eigenvalue weighted by Gasteiger charge is 2.32. The first-order chi connectivity index (χ1) is 11.1. The van der Waals surface area contributed by atoms with Crippen molar-refractivity contribution in [1.29, 1.82) is 0 Å². The number of carbonyl (C=O) groups is 2. The summed E-state index contributed by atoms with van der Waals surface area (Å²) >= 11 is 1.50. The summed E-state index contributed by atoms with van der Waals surface area (Å²) in [6.45, 7) is 1.73. The summed E-state index contributed by atoms with van der Waals surface area (Å²) in [4.78, 5) is 26.8. The first-order valence-corrected chi connectivity index (χ1v) is 8.52. The van der Waals surface area contributed by atoms with E-state index in [2.05, 4.69) is 5.32 Å². The SMILES string of the molecule is O=C1NCCN1C(=O)N1CCS[C@@H](c2cc(F)ccc2F)CC1. The van der Waals surface area contributed by atoms with Gasteiger partial charge in [-0.1, -0.05) is 0 Å². The molecular weight excluding hydrogens is 324 g/mol. The van der Waals surface area contributed by atoms with Crippen molar-refractivity contribution in [3.63, 3.8) is 0 Å². The molecule has 0 aromatic heterocycles. The maximum atomic E-state index is 13.9. The van der Waals surface area contributed by atoms with Gasteiger partial charge in [-0.2, -0.15) is 11.8 Å². The fraction of sp³-hybridized carbons (Fsp3) is 0.467. The molecule has 2 saturated heterocycles. The quantitative estimate of drug-likeness (QED) is 0.854. The number of carbonyl (C=O) groups excluding carboxylic acids is 2. The van der Waals surface area contributed by atoms with Crippen molar-refractivity contribution in [3.8, 4) is 0 Å². The molecule has 0 radical (unpaired) electrons. The molecule has 0 bridgehead atoms. The molecule has 1 aromatic carbocycles. The smallest absolute Gasteiger partial charge is 0.328 e. The zero-order valence-corrected chi connectivity index (χ0v) is 13.2. The van der Waals surface area contributed by atoms with Gasteiger partial charge in [-0.05, 0) is 24.6 Å². The lowest BCUT2D eigenvalue weighted by Crippen LogP contribution is -2.45. The summed E-state index contributed by atoms with van der Waals surface area (Å²) in [7, 11) is 0. The number of amides is 4. The number of thioether (sulfide) groups is 1. The summed E-state index contributed by atoms with van der Waals surface area (Å²) in [5.41, 5.74) is 0.336. The fourth-order valence-corrected chi connectivity index (χ4v) is 4.04. The number of hydrogen-bond donors (Lipinski definition) is 1. The number of halogens is 2. The first kappa shape index (κ1) is 16.0. The fourth-order valence-electron chi connectivity index (χ4n) is 2.80. The second kappa shape index (κ2) is 6.74. The normalized spacial score (nSPS) is 22.0. The number of benzene rings is 1. The molecule has 124 valence electrons. The molecule has 1 N–H and O–H groups in total. The van der Waals surface area contributed by atoms with Gasteiger partial charge in [-0.3, -0.25) is 0 Å². The molecule has 2 aliphatic heterocycles. The lowest BCUT2D eigenvalue weighted by molar-refractivity contribution is 0.166. The molecule has 2 fully saturated rings. The van der Waals surface area contributed by atoms with Crippen LogP contribution in [0.2, 0.25) is 0 Å². The maximum Gasteiger partial charge on any atom is 0.328 e. The largest absolute Gasteiger partial charge is 0.336 e. The van der Waals surface area contributed by atoms with Crippen LogP contribution in [0, 0.1) is 11.6 Å². The van der Waals surface area contributed by atoms with Gasteiger partial charge in [0.15, 0.2) is 0 Å². The Bertz CT molecular complexity index is 629. The Hall–Kier alpha value is -1.83. The Labute approximate surface area is 137 Å². The zero-order valence-electron chi connectivity index (χ0n) is 12.4. The standard InChI is InChI=1S/C15H17F2N3O2S/c16-10-1-2-12(17)11(9-10)13-3-5-19(7-8-23-13)15(22)20-6-4-18-14(20)21/h1-2,9,13H,3-8H2,(H,18,21)/t13-/m1/s1. The van der Waals surface area contributed by atoms with E-state index in [1.165, 1.54) is 22.7 Å². The van der Waals surface area contributed by atoms with Crippen LogP contribution in [0.1, 0.15) is 17.2 Å². The minimum absolute atomic E-state index is 0.198. The highest BCUT2D eigenvalue weighted by atomic mass is 32.2. The van der Waals surface area contributed by atoms with E-state index in [9.17, 15) is 18.4 Å². The molecule has 4 amide bonds. The van der Waals surface area contributed by atoms with Crippen molar-refractivity contribution in [3.05, 3.63) is 35.4 Å². The summed E-state index contributed by atoms with van der Waals surface area (Å²) < 4.78 is 27.3. The average Bonchev–Trinajstić information content (AvgIpc) is 2.82. The van der Waals surface area contributed by atoms with Gasteiger partial charge in [0.25, 0.3) is 0 Å². The topological polar surface area (TPSA) is 52.7 Å². The molecule has 0 unspecified atom stereocenters. The van der Waals surface area contributed by atoms with Gasteiger partial charge in [0, 0.05) is 42.7 Å². The van der Waals surface area contributed by atoms with Crippen LogP contribution in [0.25, 0.3) is 0 Å². The molecule has 0 saturated carbocycles. The summed E-state index contributed by atoms with van der Waals surface area (Å²) in [6, 6.07) is 2.76. The number of urea groups is 2. The van der Waals surface area contributed by atoms with Crippen LogP contribution >= 0.6 is 11.8 Å². The predicted molar refractivity (Wildman–Crippen MR) is 83.2 cm³/mol. The predicted octanol–water partition coefficient (Wildman–Crippen LogP) is 2.59. The van der Waals surface area contributed by atoms with E-state index < -0.39 is 11.6 Å². The number of hydrogen-bond acceptors (Lipinski definition) is 3. The van der Waals surface area contributed by atoms with Crippen LogP contribution in [0.3, 0.4) is 0 Å². The van der Waals surface area contributed by atoms with Crippen molar-refractivity contribution in [2.75, 3.05) is 31.9 Å². The van der Waals surface area contributed by atoms with Crippen molar-refractivity contribution in [2.24, 2.45) is 0 Å². The minimum Gasteiger partial charge on any atom is -0.336 e. The van der Waals surface area contributed by atoms with Gasteiger partial charge >= 0.3 is 12.1 Å². The Kier molecular flexibility index (Phi) is 4.70. The molecular formula is C15H17F2N3O2S. The van der Waals surface area contributed by atoms with E-state index in [4.69, 9.17) is 0 Å². The minimum atomic E-state index is -0.465. The van der Waals surface area contributed by atoms with Crippen LogP contribution in [0.15, 0.2) is 18.2 Å². The zero-order chi connectivity index (χ0) is 16.4. The molecule has 0 spiro atoms. The van der Waals surface area contributed by atoms with Gasteiger partial charge in [0.05, 0.1) is 0 Å². The van der Waals surface area contributed by atoms with Crippen LogP contribution in [0.5, 0.6) is 0 Å². The number of nitrogens with one attached hydrogen (secondary N) is 1. The first-order valence-electron chi connectivity index (χ1n) is 7.47. The van der Waals surface area contributed by atoms with Crippen LogP contribution < -0.4 is 5.32 Å². The van der Waals surface area contributed by atoms with E-state index in [0.717, 1.165) is 12.1 Å². The van der Waals surface area contributed by atoms with Gasteiger partial charge < -0.3 is 10.2 Å². The van der Waals surface area contributed by atoms with E-state index in [0.29, 0.717) is 43.9 Å². The Morgan fingerprint density at radius 3 is 2.83 bits per heavy atom. The highest BCUT2D eigenvalue weighted by molar-refractivity contribution is 7.99. The average molecular weight is 341 g/mol. The van der Waals surface area contributed by atoms with Crippen molar-refractivity contribution < 1.29 is 18.4 Å². The van der Waals surface area contributed by atoms with Crippen LogP contribution in [0.4, 0.5) is 18.4 Å². The molecule has 1 atom stereocenters. The molecule has 2 heterocycles. The maximum absolute atomic E-state index is 13.9. The van der Waals surface area contributed by atoms with Gasteiger partial charge in [0.1, 0.15) is 11.6 Å². The van der Waals surface area contributed by atoms with Crippen molar-refractivity contribution >= 4 is 23.8 Å². The highest BCUT2D eigenvalue weighted by Crippen LogP contribution is 2.36. The Morgan fingerprint density at radius 1 is 1.26 bits per heavy atom. The van der Waals surface area contributed by atoms with E-state index in [1.54, 1.807) is 4.90 Å². The number of imide groups is 1. The third-order valence-corrected chi connectivity index (χ3v) is 5.31. The monoisotopic (exact) mass is 341 g/mol. The lowest BCUT2D eigenvalue weighted by atomic mass is 10.1. The third-order valence-electron chi connectivity index (χ3n) is 4.00. The van der Waals surface area contributed by atoms with E-state index in [1.807, 2.05) is 0 Å². The molecule has 0 aliphatic carbocycles. The molecule has 23 heavy (non-hydrogen) atoms. The Balaban J connectivity index is 1.68. The second-order valence-electron chi connectivity index (χ2n) is 5.47. The van der Waals surface area contributed by atoms with Gasteiger partial charge in [-0.25, -0.2) is 23.3 Å². The molecule has 1 aromatic rings. The second-order valence-corrected chi connectivity index (χ2v) is 6.78. The summed E-state index contributed by atoms with van der Waals surface area (Å²) in [5.74, 6) is -0.280. The Morgan fingerprint density at radius 2 is 2.09 bits per heavy atom. The summed E-state index contributed by atoms with van der Waals surface area (Å²) in [6.07, 6.45) is 0.520. The number of nitrogens with zero attached hydrogens (tertiary/aromatic N) is 2. The number of rotatable bonds is 1. The van der Waals surface area contributed by atoms with Gasteiger partial charge in [-0.15, -0.1) is 0 Å². The van der Waals surface area contributed by atoms with Crippen molar-refractivity contribution in [2.45, 2.75) is 11.7 Å². The van der Waals surface area contributed by atoms with Crippen LogP contribution in [-0.2, 0) is 0 Å². The van der Waals surface area contributed by atoms with Crippen LogP contribution in [-0.4, -0.2) is 53.8 Å². The lowest BCUT2D eigenvalue weighted by Gasteiger charge is -2.24. The molecule has 5 nitrogen and oxygen atoms in total. The molecule has 8 heteroatoms.